The highest BCUT2D eigenvalue weighted by molar-refractivity contribution is 5.73. The van der Waals surface area contributed by atoms with E-state index in [1.54, 1.807) is 7.11 Å². The van der Waals surface area contributed by atoms with Crippen LogP contribution in [0.3, 0.4) is 0 Å². The average molecular weight is 238 g/mol. The molecule has 0 heterocycles. The number of rotatable bonds is 6. The van der Waals surface area contributed by atoms with Gasteiger partial charge in [-0.2, -0.15) is 0 Å². The van der Waals surface area contributed by atoms with E-state index in [9.17, 15) is 4.79 Å². The third kappa shape index (κ3) is 3.96. The highest BCUT2D eigenvalue weighted by Gasteiger charge is 2.11. The third-order valence-corrected chi connectivity index (χ3v) is 2.44. The van der Waals surface area contributed by atoms with Crippen LogP contribution >= 0.6 is 0 Å². The van der Waals surface area contributed by atoms with Gasteiger partial charge in [-0.15, -0.1) is 0 Å². The fourth-order valence-electron chi connectivity index (χ4n) is 1.45. The third-order valence-electron chi connectivity index (χ3n) is 2.44. The molecule has 5 heteroatoms. The van der Waals surface area contributed by atoms with Crippen molar-refractivity contribution in [1.82, 2.24) is 0 Å². The van der Waals surface area contributed by atoms with Crippen molar-refractivity contribution in [2.24, 2.45) is 5.73 Å². The number of benzene rings is 1. The van der Waals surface area contributed by atoms with Crippen LogP contribution in [-0.2, 0) is 4.79 Å². The minimum absolute atomic E-state index is 0.367. The number of hydrogen-bond acceptors (Lipinski definition) is 4. The Bertz CT molecular complexity index is 393. The van der Waals surface area contributed by atoms with E-state index in [-0.39, 0.29) is 0 Å². The monoisotopic (exact) mass is 238 g/mol. The molecule has 0 spiro atoms. The molecule has 1 aromatic carbocycles. The van der Waals surface area contributed by atoms with Crippen LogP contribution in [0.25, 0.3) is 0 Å². The van der Waals surface area contributed by atoms with Crippen LogP contribution in [0.5, 0.6) is 5.75 Å². The van der Waals surface area contributed by atoms with Gasteiger partial charge in [-0.05, 0) is 31.0 Å². The SMILES string of the molecule is COc1ccc(C)cc1NCCC(N)C(=O)O. The molecule has 17 heavy (non-hydrogen) atoms. The van der Waals surface area contributed by atoms with Crippen LogP contribution in [0.2, 0.25) is 0 Å². The molecule has 0 bridgehead atoms. The molecule has 5 nitrogen and oxygen atoms in total. The molecule has 1 rings (SSSR count). The van der Waals surface area contributed by atoms with Crippen molar-refractivity contribution in [3.63, 3.8) is 0 Å². The van der Waals surface area contributed by atoms with Crippen molar-refractivity contribution in [2.75, 3.05) is 19.0 Å². The lowest BCUT2D eigenvalue weighted by Gasteiger charge is -2.13. The molecule has 4 N–H and O–H groups in total. The Kier molecular flexibility index (Phi) is 4.78. The summed E-state index contributed by atoms with van der Waals surface area (Å²) in [5.41, 5.74) is 7.37. The minimum atomic E-state index is -0.983. The zero-order valence-electron chi connectivity index (χ0n) is 10.1. The second-order valence-corrected chi connectivity index (χ2v) is 3.86. The number of carboxylic acid groups (broad SMARTS) is 1. The predicted octanol–water partition coefficient (Wildman–Crippen LogP) is 1.22. The maximum atomic E-state index is 10.5. The molecule has 1 unspecified atom stereocenters. The summed E-state index contributed by atoms with van der Waals surface area (Å²) in [7, 11) is 1.60. The minimum Gasteiger partial charge on any atom is -0.495 e. The summed E-state index contributed by atoms with van der Waals surface area (Å²) in [5.74, 6) is -0.248. The summed E-state index contributed by atoms with van der Waals surface area (Å²) in [6.07, 6.45) is 0.367. The average Bonchev–Trinajstić information content (AvgIpc) is 2.29. The number of ether oxygens (including phenoxy) is 1. The molecular weight excluding hydrogens is 220 g/mol. The zero-order valence-corrected chi connectivity index (χ0v) is 10.1. The molecule has 1 aromatic rings. The largest absolute Gasteiger partial charge is 0.495 e. The standard InChI is InChI=1S/C12H18N2O3/c1-8-3-4-11(17-2)10(7-8)14-6-5-9(13)12(15)16/h3-4,7,9,14H,5-6,13H2,1-2H3,(H,15,16). The van der Waals surface area contributed by atoms with Gasteiger partial charge in [0.15, 0.2) is 0 Å². The summed E-state index contributed by atoms with van der Waals surface area (Å²) in [6.45, 7) is 2.47. The van der Waals surface area contributed by atoms with Crippen molar-refractivity contribution in [1.29, 1.82) is 0 Å². The number of carboxylic acids is 1. The van der Waals surface area contributed by atoms with E-state index in [2.05, 4.69) is 5.32 Å². The second-order valence-electron chi connectivity index (χ2n) is 3.86. The van der Waals surface area contributed by atoms with E-state index in [0.717, 1.165) is 17.0 Å². The first-order valence-electron chi connectivity index (χ1n) is 5.41. The Hall–Kier alpha value is -1.75. The predicted molar refractivity (Wildman–Crippen MR) is 66.4 cm³/mol. The van der Waals surface area contributed by atoms with E-state index in [4.69, 9.17) is 15.6 Å². The molecule has 0 saturated heterocycles. The molecule has 0 saturated carbocycles. The van der Waals surface area contributed by atoms with Gasteiger partial charge < -0.3 is 20.9 Å². The van der Waals surface area contributed by atoms with Crippen molar-refractivity contribution in [3.8, 4) is 5.75 Å². The molecule has 0 aromatic heterocycles. The zero-order chi connectivity index (χ0) is 12.8. The van der Waals surface area contributed by atoms with Crippen molar-refractivity contribution < 1.29 is 14.6 Å². The molecule has 0 aliphatic heterocycles. The molecule has 1 atom stereocenters. The van der Waals surface area contributed by atoms with Gasteiger partial charge in [0.2, 0.25) is 0 Å². The number of aryl methyl sites for hydroxylation is 1. The van der Waals surface area contributed by atoms with Crippen LogP contribution in [0.15, 0.2) is 18.2 Å². The number of aliphatic carboxylic acids is 1. The smallest absolute Gasteiger partial charge is 0.320 e. The normalized spacial score (nSPS) is 11.9. The first-order chi connectivity index (χ1) is 8.04. The van der Waals surface area contributed by atoms with Gasteiger partial charge in [0, 0.05) is 6.54 Å². The molecule has 0 aliphatic rings. The Labute approximate surface area is 101 Å². The van der Waals surface area contributed by atoms with Gasteiger partial charge in [-0.25, -0.2) is 0 Å². The molecule has 0 fully saturated rings. The quantitative estimate of drug-likeness (QED) is 0.694. The Morgan fingerprint density at radius 1 is 1.59 bits per heavy atom. The molecule has 0 radical (unpaired) electrons. The van der Waals surface area contributed by atoms with Crippen LogP contribution < -0.4 is 15.8 Å². The van der Waals surface area contributed by atoms with Crippen LogP contribution in [-0.4, -0.2) is 30.8 Å². The van der Waals surface area contributed by atoms with Gasteiger partial charge in [0.1, 0.15) is 11.8 Å². The van der Waals surface area contributed by atoms with Gasteiger partial charge in [-0.3, -0.25) is 4.79 Å². The van der Waals surface area contributed by atoms with E-state index >= 15 is 0 Å². The Morgan fingerprint density at radius 3 is 2.88 bits per heavy atom. The lowest BCUT2D eigenvalue weighted by Crippen LogP contribution is -2.32. The van der Waals surface area contributed by atoms with Crippen LogP contribution in [0.4, 0.5) is 5.69 Å². The number of carbonyl (C=O) groups is 1. The van der Waals surface area contributed by atoms with Crippen molar-refractivity contribution in [2.45, 2.75) is 19.4 Å². The van der Waals surface area contributed by atoms with E-state index < -0.39 is 12.0 Å². The number of nitrogens with one attached hydrogen (secondary N) is 1. The topological polar surface area (TPSA) is 84.6 Å². The first kappa shape index (κ1) is 13.3. The molecular formula is C12H18N2O3. The summed E-state index contributed by atoms with van der Waals surface area (Å²) in [4.78, 5) is 10.5. The lowest BCUT2D eigenvalue weighted by molar-refractivity contribution is -0.138. The Morgan fingerprint density at radius 2 is 2.29 bits per heavy atom. The van der Waals surface area contributed by atoms with Crippen LogP contribution in [0.1, 0.15) is 12.0 Å². The lowest BCUT2D eigenvalue weighted by atomic mass is 10.2. The van der Waals surface area contributed by atoms with Crippen molar-refractivity contribution >= 4 is 11.7 Å². The molecule has 0 amide bonds. The highest BCUT2D eigenvalue weighted by atomic mass is 16.5. The number of hydrogen-bond donors (Lipinski definition) is 3. The molecule has 0 aliphatic carbocycles. The molecule has 94 valence electrons. The summed E-state index contributed by atoms with van der Waals surface area (Å²) < 4.78 is 5.20. The fourth-order valence-corrected chi connectivity index (χ4v) is 1.45. The number of anilines is 1. The number of nitrogens with two attached hydrogens (primary N) is 1. The maximum Gasteiger partial charge on any atom is 0.320 e. The van der Waals surface area contributed by atoms with Gasteiger partial charge in [-0.1, -0.05) is 6.07 Å². The van der Waals surface area contributed by atoms with Crippen molar-refractivity contribution in [3.05, 3.63) is 23.8 Å². The summed E-state index contributed by atoms with van der Waals surface area (Å²) in [6, 6.07) is 4.94. The maximum absolute atomic E-state index is 10.5. The Balaban J connectivity index is 2.56. The summed E-state index contributed by atoms with van der Waals surface area (Å²) in [5, 5.41) is 11.8. The van der Waals surface area contributed by atoms with E-state index in [1.807, 2.05) is 25.1 Å². The van der Waals surface area contributed by atoms with Gasteiger partial charge >= 0.3 is 5.97 Å². The van der Waals surface area contributed by atoms with Gasteiger partial charge in [0.05, 0.1) is 12.8 Å². The highest BCUT2D eigenvalue weighted by Crippen LogP contribution is 2.24. The number of methoxy groups -OCH3 is 1. The summed E-state index contributed by atoms with van der Waals surface area (Å²) >= 11 is 0. The van der Waals surface area contributed by atoms with E-state index in [1.165, 1.54) is 0 Å². The van der Waals surface area contributed by atoms with Crippen LogP contribution in [0, 0.1) is 6.92 Å². The second kappa shape index (κ2) is 6.10. The fraction of sp³-hybridized carbons (Fsp3) is 0.417. The first-order valence-corrected chi connectivity index (χ1v) is 5.41. The van der Waals surface area contributed by atoms with Gasteiger partial charge in [0.25, 0.3) is 0 Å². The van der Waals surface area contributed by atoms with E-state index in [0.29, 0.717) is 13.0 Å².